The number of benzene rings is 3. The fourth-order valence-corrected chi connectivity index (χ4v) is 6.31. The van der Waals surface area contributed by atoms with Gasteiger partial charge in [-0.1, -0.05) is 71.8 Å². The van der Waals surface area contributed by atoms with Gasteiger partial charge in [-0.15, -0.1) is 0 Å². The zero-order valence-electron chi connectivity index (χ0n) is 20.2. The highest BCUT2D eigenvalue weighted by Gasteiger charge is 2.41. The van der Waals surface area contributed by atoms with E-state index in [9.17, 15) is 0 Å². The lowest BCUT2D eigenvalue weighted by molar-refractivity contribution is 0.606. The van der Waals surface area contributed by atoms with Crippen molar-refractivity contribution in [2.24, 2.45) is 0 Å². The minimum Gasteiger partial charge on any atom is -0.348 e. The largest absolute Gasteiger partial charge is 0.348 e. The van der Waals surface area contributed by atoms with Crippen LogP contribution in [0.15, 0.2) is 54.6 Å². The van der Waals surface area contributed by atoms with E-state index in [0.29, 0.717) is 5.92 Å². The smallest absolute Gasteiger partial charge is 0.112 e. The minimum absolute atomic E-state index is 0.259. The van der Waals surface area contributed by atoms with Gasteiger partial charge in [-0.25, -0.2) is 0 Å². The summed E-state index contributed by atoms with van der Waals surface area (Å²) in [5.41, 5.74) is 13.8. The summed E-state index contributed by atoms with van der Waals surface area (Å²) in [5.74, 6) is 0.342. The van der Waals surface area contributed by atoms with Gasteiger partial charge < -0.3 is 9.80 Å². The molecular formula is C30H34N2. The zero-order valence-corrected chi connectivity index (χ0v) is 20.2. The average molecular weight is 423 g/mol. The van der Waals surface area contributed by atoms with Gasteiger partial charge in [-0.2, -0.15) is 0 Å². The van der Waals surface area contributed by atoms with E-state index in [1.165, 1.54) is 55.9 Å². The van der Waals surface area contributed by atoms with Crippen LogP contribution in [0.4, 0.5) is 11.4 Å². The first-order valence-corrected chi connectivity index (χ1v) is 11.8. The van der Waals surface area contributed by atoms with Crippen LogP contribution < -0.4 is 9.80 Å². The molecule has 0 aromatic heterocycles. The molecule has 1 atom stereocenters. The highest BCUT2D eigenvalue weighted by atomic mass is 15.4. The number of nitrogens with zero attached hydrogens (tertiary/aromatic N) is 2. The molecule has 0 radical (unpaired) electrons. The number of hydrogen-bond donors (Lipinski definition) is 0. The Kier molecular flexibility index (Phi) is 5.12. The Balaban J connectivity index is 1.68. The summed E-state index contributed by atoms with van der Waals surface area (Å²) in [6, 6.07) is 18.3. The minimum atomic E-state index is 0.259. The van der Waals surface area contributed by atoms with Crippen molar-refractivity contribution in [3.05, 3.63) is 99.1 Å². The highest BCUT2D eigenvalue weighted by Crippen LogP contribution is 2.44. The van der Waals surface area contributed by atoms with Crippen molar-refractivity contribution in [1.29, 1.82) is 0 Å². The fraction of sp³-hybridized carbons (Fsp3) is 0.333. The van der Waals surface area contributed by atoms with Crippen LogP contribution in [0, 0.1) is 41.5 Å². The molecule has 1 saturated heterocycles. The Morgan fingerprint density at radius 3 is 1.62 bits per heavy atom. The second-order valence-corrected chi connectivity index (χ2v) is 9.81. The van der Waals surface area contributed by atoms with E-state index in [1.54, 1.807) is 0 Å². The average Bonchev–Trinajstić information content (AvgIpc) is 3.31. The molecule has 32 heavy (non-hydrogen) atoms. The van der Waals surface area contributed by atoms with Crippen molar-refractivity contribution in [3.63, 3.8) is 0 Å². The van der Waals surface area contributed by atoms with Crippen molar-refractivity contribution >= 4 is 17.5 Å². The van der Waals surface area contributed by atoms with Gasteiger partial charge in [0.15, 0.2) is 0 Å². The van der Waals surface area contributed by atoms with E-state index in [2.05, 4.69) is 112 Å². The summed E-state index contributed by atoms with van der Waals surface area (Å²) >= 11 is 0. The van der Waals surface area contributed by atoms with Crippen molar-refractivity contribution in [2.45, 2.75) is 53.6 Å². The second kappa shape index (κ2) is 7.85. The van der Waals surface area contributed by atoms with Gasteiger partial charge >= 0.3 is 0 Å². The molecule has 3 aromatic carbocycles. The van der Waals surface area contributed by atoms with Crippen molar-refractivity contribution in [2.75, 3.05) is 22.9 Å². The lowest BCUT2D eigenvalue weighted by Gasteiger charge is -2.39. The molecule has 0 bridgehead atoms. The van der Waals surface area contributed by atoms with Crippen LogP contribution in [0.3, 0.4) is 0 Å². The Labute approximate surface area is 193 Å². The molecule has 1 heterocycles. The van der Waals surface area contributed by atoms with Crippen molar-refractivity contribution in [1.82, 2.24) is 0 Å². The number of hydrogen-bond acceptors (Lipinski definition) is 2. The molecule has 3 aromatic rings. The maximum absolute atomic E-state index is 2.68. The van der Waals surface area contributed by atoms with Crippen LogP contribution in [0.1, 0.15) is 50.4 Å². The van der Waals surface area contributed by atoms with Gasteiger partial charge in [0.2, 0.25) is 0 Å². The summed E-state index contributed by atoms with van der Waals surface area (Å²) in [7, 11) is 0. The third-order valence-electron chi connectivity index (χ3n) is 7.23. The molecule has 1 fully saturated rings. The van der Waals surface area contributed by atoms with Crippen LogP contribution in [-0.4, -0.2) is 19.3 Å². The van der Waals surface area contributed by atoms with Gasteiger partial charge in [0.1, 0.15) is 6.17 Å². The third kappa shape index (κ3) is 3.33. The van der Waals surface area contributed by atoms with Crippen LogP contribution >= 0.6 is 0 Å². The SMILES string of the molecule is Cc1cc(C)c(N2CCN(c3c(C)cc(C)cc3C)C2C2C=Cc3ccccc32)c(C)c1. The molecule has 5 rings (SSSR count). The van der Waals surface area contributed by atoms with E-state index >= 15 is 0 Å². The van der Waals surface area contributed by atoms with E-state index in [-0.39, 0.29) is 6.17 Å². The number of rotatable bonds is 3. The second-order valence-electron chi connectivity index (χ2n) is 9.81. The van der Waals surface area contributed by atoms with Crippen LogP contribution in [0.2, 0.25) is 0 Å². The maximum Gasteiger partial charge on any atom is 0.112 e. The molecule has 0 N–H and O–H groups in total. The quantitative estimate of drug-likeness (QED) is 0.448. The van der Waals surface area contributed by atoms with Crippen molar-refractivity contribution in [3.8, 4) is 0 Å². The van der Waals surface area contributed by atoms with Crippen LogP contribution in [0.25, 0.3) is 6.08 Å². The van der Waals surface area contributed by atoms with Gasteiger partial charge in [0.25, 0.3) is 0 Å². The maximum atomic E-state index is 2.68. The van der Waals surface area contributed by atoms with Gasteiger partial charge in [-0.3, -0.25) is 0 Å². The lowest BCUT2D eigenvalue weighted by atomic mass is 9.94. The summed E-state index contributed by atoms with van der Waals surface area (Å²) in [4.78, 5) is 5.36. The van der Waals surface area contributed by atoms with E-state index in [1.807, 2.05) is 0 Å². The Bertz CT molecular complexity index is 1110. The third-order valence-corrected chi connectivity index (χ3v) is 7.23. The van der Waals surface area contributed by atoms with Crippen LogP contribution in [-0.2, 0) is 0 Å². The standard InChI is InChI=1S/C30H34N2/c1-19-15-21(3)28(22(4)16-19)31-13-14-32(29-23(5)17-20(2)18-24(29)6)30(31)27-12-11-25-9-7-8-10-26(25)27/h7-12,15-18,27,30H,13-14H2,1-6H3. The van der Waals surface area contributed by atoms with E-state index < -0.39 is 0 Å². The number of aryl methyl sites for hydroxylation is 6. The first kappa shape index (κ1) is 20.9. The lowest BCUT2D eigenvalue weighted by Crippen LogP contribution is -2.44. The molecule has 2 nitrogen and oxygen atoms in total. The molecule has 1 aliphatic heterocycles. The number of fused-ring (bicyclic) bond motifs is 1. The van der Waals surface area contributed by atoms with E-state index in [4.69, 9.17) is 0 Å². The topological polar surface area (TPSA) is 6.48 Å². The van der Waals surface area contributed by atoms with Gasteiger partial charge in [-0.05, 0) is 74.9 Å². The zero-order chi connectivity index (χ0) is 22.6. The molecule has 0 spiro atoms. The predicted octanol–water partition coefficient (Wildman–Crippen LogP) is 7.00. The summed E-state index contributed by atoms with van der Waals surface area (Å²) < 4.78 is 0. The van der Waals surface area contributed by atoms with Crippen molar-refractivity contribution < 1.29 is 0 Å². The summed E-state index contributed by atoms with van der Waals surface area (Å²) in [6.07, 6.45) is 5.01. The van der Waals surface area contributed by atoms with Gasteiger partial charge in [0.05, 0.1) is 0 Å². The normalized spacial score (nSPS) is 18.0. The molecule has 2 heteroatoms. The van der Waals surface area contributed by atoms with Crippen LogP contribution in [0.5, 0.6) is 0 Å². The Hall–Kier alpha value is -3.00. The molecule has 2 aliphatic rings. The number of anilines is 2. The predicted molar refractivity (Wildman–Crippen MR) is 138 cm³/mol. The molecule has 0 saturated carbocycles. The summed E-state index contributed by atoms with van der Waals surface area (Å²) in [5, 5.41) is 0. The Morgan fingerprint density at radius 2 is 1.12 bits per heavy atom. The Morgan fingerprint density at radius 1 is 0.656 bits per heavy atom. The highest BCUT2D eigenvalue weighted by molar-refractivity contribution is 5.71. The van der Waals surface area contributed by atoms with E-state index in [0.717, 1.165) is 13.1 Å². The molecule has 164 valence electrons. The molecular weight excluding hydrogens is 388 g/mol. The first-order chi connectivity index (χ1) is 15.3. The molecule has 1 unspecified atom stereocenters. The molecule has 0 amide bonds. The fourth-order valence-electron chi connectivity index (χ4n) is 6.31. The molecule has 1 aliphatic carbocycles. The summed E-state index contributed by atoms with van der Waals surface area (Å²) in [6.45, 7) is 15.6. The first-order valence-electron chi connectivity index (χ1n) is 11.8. The monoisotopic (exact) mass is 422 g/mol. The van der Waals surface area contributed by atoms with Gasteiger partial charge in [0, 0.05) is 30.4 Å².